The van der Waals surface area contributed by atoms with Crippen LogP contribution in [0.4, 0.5) is 0 Å². The summed E-state index contributed by atoms with van der Waals surface area (Å²) in [6, 6.07) is 2.40. The van der Waals surface area contributed by atoms with Crippen LogP contribution in [0.15, 0.2) is 18.5 Å². The van der Waals surface area contributed by atoms with E-state index in [2.05, 4.69) is 37.1 Å². The average Bonchev–Trinajstić information content (AvgIpc) is 2.32. The Morgan fingerprint density at radius 1 is 1.47 bits per heavy atom. The topological polar surface area (TPSA) is 34.1 Å². The summed E-state index contributed by atoms with van der Waals surface area (Å²) in [7, 11) is 3.76. The molecule has 0 fully saturated rings. The lowest BCUT2D eigenvalue weighted by Crippen LogP contribution is -2.26. The van der Waals surface area contributed by atoms with E-state index < -0.39 is 0 Å². The standard InChI is InChI=1S/C14H24N2O/c1-11-7-9-16-10-12(11)13(15-4)6-8-14(2,3)17-5/h7,9-10,13,15H,6,8H2,1-5H3. The number of methoxy groups -OCH3 is 1. The molecule has 3 heteroatoms. The predicted octanol–water partition coefficient (Wildman–Crippen LogP) is 2.86. The average molecular weight is 236 g/mol. The van der Waals surface area contributed by atoms with E-state index in [1.54, 1.807) is 7.11 Å². The fraction of sp³-hybridized carbons (Fsp3) is 0.643. The van der Waals surface area contributed by atoms with Crippen LogP contribution in [0.5, 0.6) is 0 Å². The Labute approximate surface area is 105 Å². The van der Waals surface area contributed by atoms with Crippen LogP contribution in [-0.4, -0.2) is 24.7 Å². The summed E-state index contributed by atoms with van der Waals surface area (Å²) >= 11 is 0. The molecule has 1 rings (SSSR count). The van der Waals surface area contributed by atoms with Crippen molar-refractivity contribution < 1.29 is 4.74 Å². The molecule has 0 aliphatic heterocycles. The molecule has 0 spiro atoms. The van der Waals surface area contributed by atoms with E-state index >= 15 is 0 Å². The number of nitrogens with zero attached hydrogens (tertiary/aromatic N) is 1. The summed E-state index contributed by atoms with van der Waals surface area (Å²) in [4.78, 5) is 4.21. The molecule has 0 aliphatic rings. The van der Waals surface area contributed by atoms with Gasteiger partial charge in [-0.05, 0) is 57.9 Å². The van der Waals surface area contributed by atoms with Gasteiger partial charge in [-0.1, -0.05) is 0 Å². The minimum atomic E-state index is -0.0643. The first-order chi connectivity index (χ1) is 8.00. The van der Waals surface area contributed by atoms with E-state index in [1.165, 1.54) is 11.1 Å². The molecule has 0 radical (unpaired) electrons. The number of hydrogen-bond donors (Lipinski definition) is 1. The van der Waals surface area contributed by atoms with Crippen LogP contribution in [0.1, 0.15) is 43.9 Å². The highest BCUT2D eigenvalue weighted by Crippen LogP contribution is 2.25. The molecule has 0 aromatic carbocycles. The fourth-order valence-electron chi connectivity index (χ4n) is 1.89. The van der Waals surface area contributed by atoms with Gasteiger partial charge < -0.3 is 10.1 Å². The Bertz CT molecular complexity index is 350. The number of aryl methyl sites for hydroxylation is 1. The van der Waals surface area contributed by atoms with E-state index in [-0.39, 0.29) is 5.60 Å². The Morgan fingerprint density at radius 3 is 2.71 bits per heavy atom. The molecule has 0 aliphatic carbocycles. The van der Waals surface area contributed by atoms with Crippen LogP contribution in [0.2, 0.25) is 0 Å². The van der Waals surface area contributed by atoms with Gasteiger partial charge >= 0.3 is 0 Å². The summed E-state index contributed by atoms with van der Waals surface area (Å²) in [6.07, 6.45) is 5.86. The largest absolute Gasteiger partial charge is 0.379 e. The number of hydrogen-bond acceptors (Lipinski definition) is 3. The Kier molecular flexibility index (Phi) is 5.09. The summed E-state index contributed by atoms with van der Waals surface area (Å²) in [6.45, 7) is 6.37. The first-order valence-electron chi connectivity index (χ1n) is 6.13. The van der Waals surface area contributed by atoms with E-state index in [0.29, 0.717) is 6.04 Å². The smallest absolute Gasteiger partial charge is 0.0623 e. The second kappa shape index (κ2) is 6.12. The second-order valence-corrected chi connectivity index (χ2v) is 5.08. The summed E-state index contributed by atoms with van der Waals surface area (Å²) in [5.74, 6) is 0. The third kappa shape index (κ3) is 4.10. The van der Waals surface area contributed by atoms with Crippen LogP contribution in [0.3, 0.4) is 0 Å². The lowest BCUT2D eigenvalue weighted by Gasteiger charge is -2.26. The maximum Gasteiger partial charge on any atom is 0.0623 e. The molecule has 1 aromatic rings. The minimum Gasteiger partial charge on any atom is -0.379 e. The lowest BCUT2D eigenvalue weighted by atomic mass is 9.94. The van der Waals surface area contributed by atoms with Gasteiger partial charge in [-0.3, -0.25) is 4.98 Å². The number of pyridine rings is 1. The molecule has 1 unspecified atom stereocenters. The van der Waals surface area contributed by atoms with Crippen LogP contribution in [-0.2, 0) is 4.74 Å². The van der Waals surface area contributed by atoms with Crippen molar-refractivity contribution in [2.75, 3.05) is 14.2 Å². The molecule has 17 heavy (non-hydrogen) atoms. The molecule has 1 aromatic heterocycles. The van der Waals surface area contributed by atoms with Crippen LogP contribution in [0, 0.1) is 6.92 Å². The SMILES string of the molecule is CNC(CCC(C)(C)OC)c1cnccc1C. The van der Waals surface area contributed by atoms with Crippen molar-refractivity contribution in [1.82, 2.24) is 10.3 Å². The maximum atomic E-state index is 5.46. The highest BCUT2D eigenvalue weighted by Gasteiger charge is 2.20. The third-order valence-electron chi connectivity index (χ3n) is 3.39. The number of nitrogens with one attached hydrogen (secondary N) is 1. The number of aromatic nitrogens is 1. The van der Waals surface area contributed by atoms with E-state index in [4.69, 9.17) is 4.74 Å². The molecular formula is C14H24N2O. The summed E-state index contributed by atoms with van der Waals surface area (Å²) in [5, 5.41) is 3.36. The zero-order valence-electron chi connectivity index (χ0n) is 11.6. The molecule has 0 saturated heterocycles. The van der Waals surface area contributed by atoms with Crippen molar-refractivity contribution >= 4 is 0 Å². The Morgan fingerprint density at radius 2 is 2.18 bits per heavy atom. The first-order valence-corrected chi connectivity index (χ1v) is 6.13. The van der Waals surface area contributed by atoms with Crippen LogP contribution in [0.25, 0.3) is 0 Å². The minimum absolute atomic E-state index is 0.0643. The van der Waals surface area contributed by atoms with Crippen molar-refractivity contribution in [3.63, 3.8) is 0 Å². The number of rotatable bonds is 6. The van der Waals surface area contributed by atoms with Crippen molar-refractivity contribution in [2.45, 2.75) is 45.3 Å². The van der Waals surface area contributed by atoms with E-state index in [9.17, 15) is 0 Å². The van der Waals surface area contributed by atoms with Gasteiger partial charge in [0.2, 0.25) is 0 Å². The number of ether oxygens (including phenoxy) is 1. The van der Waals surface area contributed by atoms with Gasteiger partial charge in [-0.15, -0.1) is 0 Å². The summed E-state index contributed by atoms with van der Waals surface area (Å²) < 4.78 is 5.46. The third-order valence-corrected chi connectivity index (χ3v) is 3.39. The quantitative estimate of drug-likeness (QED) is 0.824. The van der Waals surface area contributed by atoms with Gasteiger partial charge in [0.05, 0.1) is 5.60 Å². The van der Waals surface area contributed by atoms with E-state index in [0.717, 1.165) is 12.8 Å². The summed E-state index contributed by atoms with van der Waals surface area (Å²) in [5.41, 5.74) is 2.50. The van der Waals surface area contributed by atoms with Crippen LogP contribution >= 0.6 is 0 Å². The van der Waals surface area contributed by atoms with Crippen LogP contribution < -0.4 is 5.32 Å². The maximum absolute atomic E-state index is 5.46. The molecular weight excluding hydrogens is 212 g/mol. The molecule has 0 bridgehead atoms. The van der Waals surface area contributed by atoms with Gasteiger partial charge in [0.25, 0.3) is 0 Å². The van der Waals surface area contributed by atoms with Gasteiger partial charge in [0.1, 0.15) is 0 Å². The van der Waals surface area contributed by atoms with Crippen molar-refractivity contribution in [1.29, 1.82) is 0 Å². The van der Waals surface area contributed by atoms with Gasteiger partial charge in [-0.25, -0.2) is 0 Å². The zero-order chi connectivity index (χ0) is 12.9. The molecule has 3 nitrogen and oxygen atoms in total. The Hall–Kier alpha value is -0.930. The van der Waals surface area contributed by atoms with E-state index in [1.807, 2.05) is 19.4 Å². The first kappa shape index (κ1) is 14.1. The second-order valence-electron chi connectivity index (χ2n) is 5.08. The zero-order valence-corrected chi connectivity index (χ0v) is 11.6. The Balaban J connectivity index is 2.70. The molecule has 0 saturated carbocycles. The molecule has 1 heterocycles. The molecule has 1 atom stereocenters. The lowest BCUT2D eigenvalue weighted by molar-refractivity contribution is 0.0118. The van der Waals surface area contributed by atoms with Crippen molar-refractivity contribution in [2.24, 2.45) is 0 Å². The predicted molar refractivity (Wildman–Crippen MR) is 71.1 cm³/mol. The van der Waals surface area contributed by atoms with Gasteiger partial charge in [0.15, 0.2) is 0 Å². The van der Waals surface area contributed by atoms with Gasteiger partial charge in [0, 0.05) is 25.5 Å². The van der Waals surface area contributed by atoms with Crippen molar-refractivity contribution in [3.8, 4) is 0 Å². The fourth-order valence-corrected chi connectivity index (χ4v) is 1.89. The molecule has 0 amide bonds. The highest BCUT2D eigenvalue weighted by molar-refractivity contribution is 5.24. The normalized spacial score (nSPS) is 13.7. The molecule has 1 N–H and O–H groups in total. The van der Waals surface area contributed by atoms with Crippen molar-refractivity contribution in [3.05, 3.63) is 29.6 Å². The molecule has 96 valence electrons. The van der Waals surface area contributed by atoms with Gasteiger partial charge in [-0.2, -0.15) is 0 Å². The highest BCUT2D eigenvalue weighted by atomic mass is 16.5. The monoisotopic (exact) mass is 236 g/mol.